The third kappa shape index (κ3) is 2.94. The Bertz CT molecular complexity index is 2770. The first-order valence-electron chi connectivity index (χ1n) is 14.9. The standard InChI is InChI=1S/C36H20N8O2/c45-31-17-3-1-4-18(31)34-38-22-12-8-16-10-14-24-30(26(16)28(22)42-34)44-36(40-24)20-6-2-5-19(32(20)46)35-39-23-13-9-15-7-11-21-27(41-33(17)37-21)25(15)29(23)43-35/h1-14,45-46H,(H,37,41)(H,38,42)(H,39,43)(H,40,44). The first kappa shape index (κ1) is 23.7. The van der Waals surface area contributed by atoms with Crippen LogP contribution in [0.2, 0.25) is 0 Å². The van der Waals surface area contributed by atoms with E-state index in [1.165, 1.54) is 0 Å². The van der Waals surface area contributed by atoms with Crippen LogP contribution in [0.5, 0.6) is 11.5 Å². The van der Waals surface area contributed by atoms with Crippen LogP contribution in [0.15, 0.2) is 84.9 Å². The molecule has 0 fully saturated rings. The second-order valence-corrected chi connectivity index (χ2v) is 11.8. The van der Waals surface area contributed by atoms with Crippen molar-refractivity contribution in [2.24, 2.45) is 0 Å². The van der Waals surface area contributed by atoms with E-state index in [-0.39, 0.29) is 11.5 Å². The van der Waals surface area contributed by atoms with Crippen molar-refractivity contribution in [3.63, 3.8) is 0 Å². The molecule has 0 aliphatic carbocycles. The highest BCUT2D eigenvalue weighted by Gasteiger charge is 2.17. The zero-order valence-corrected chi connectivity index (χ0v) is 23.8. The number of nitrogens with zero attached hydrogens (tertiary/aromatic N) is 4. The van der Waals surface area contributed by atoms with Crippen LogP contribution in [0.25, 0.3) is 110 Å². The summed E-state index contributed by atoms with van der Waals surface area (Å²) >= 11 is 0. The highest BCUT2D eigenvalue weighted by atomic mass is 16.3. The van der Waals surface area contributed by atoms with Crippen LogP contribution in [0, 0.1) is 0 Å². The Kier molecular flexibility index (Phi) is 4.16. The number of nitrogens with one attached hydrogen (secondary N) is 4. The minimum absolute atomic E-state index is 0.0667. The highest BCUT2D eigenvalue weighted by molar-refractivity contribution is 6.20. The van der Waals surface area contributed by atoms with Crippen molar-refractivity contribution in [1.29, 1.82) is 0 Å². The second-order valence-electron chi connectivity index (χ2n) is 11.8. The molecule has 0 saturated heterocycles. The lowest BCUT2D eigenvalue weighted by atomic mass is 10.1. The number of aromatic hydroxyl groups is 2. The number of aromatic amines is 4. The summed E-state index contributed by atoms with van der Waals surface area (Å²) in [5, 5.41) is 29.3. The first-order valence-corrected chi connectivity index (χ1v) is 14.9. The van der Waals surface area contributed by atoms with E-state index >= 15 is 0 Å². The molecule has 6 aromatic carbocycles. The number of hydrogen-bond donors (Lipinski definition) is 6. The topological polar surface area (TPSA) is 155 Å². The summed E-state index contributed by atoms with van der Waals surface area (Å²) in [5.74, 6) is 0.133. The molecule has 10 heteroatoms. The molecule has 0 aliphatic heterocycles. The van der Waals surface area contributed by atoms with Crippen molar-refractivity contribution in [3.8, 4) is 11.5 Å². The molecule has 0 aliphatic rings. The highest BCUT2D eigenvalue weighted by Crippen LogP contribution is 2.37. The Morgan fingerprint density at radius 3 is 0.935 bits per heavy atom. The molecule has 5 aromatic heterocycles. The molecule has 12 bridgehead atoms. The zero-order chi connectivity index (χ0) is 30.3. The number of imidazole rings is 4. The van der Waals surface area contributed by atoms with Crippen molar-refractivity contribution >= 4 is 110 Å². The summed E-state index contributed by atoms with van der Waals surface area (Å²) in [7, 11) is 0. The molecular formula is C36H20N8O2. The maximum atomic E-state index is 11.7. The average molecular weight is 597 g/mol. The molecular weight excluding hydrogens is 576 g/mol. The van der Waals surface area contributed by atoms with Gasteiger partial charge in [0.1, 0.15) is 34.1 Å². The van der Waals surface area contributed by atoms with Crippen LogP contribution in [-0.4, -0.2) is 50.1 Å². The van der Waals surface area contributed by atoms with E-state index in [9.17, 15) is 10.2 Å². The van der Waals surface area contributed by atoms with Crippen LogP contribution in [0.1, 0.15) is 0 Å². The number of phenolic OH excluding ortho intramolecular Hbond substituents is 2. The van der Waals surface area contributed by atoms with Crippen molar-refractivity contribution < 1.29 is 10.2 Å². The Morgan fingerprint density at radius 1 is 0.370 bits per heavy atom. The van der Waals surface area contributed by atoms with E-state index in [1.807, 2.05) is 84.9 Å². The van der Waals surface area contributed by atoms with E-state index in [2.05, 4.69) is 19.9 Å². The van der Waals surface area contributed by atoms with Gasteiger partial charge in [-0.3, -0.25) is 0 Å². The van der Waals surface area contributed by atoms with E-state index in [0.717, 1.165) is 65.7 Å². The van der Waals surface area contributed by atoms with E-state index in [1.54, 1.807) is 0 Å². The SMILES string of the molecule is Oc1c2cccc1c1nc3c(ccc4ccc5[nH]c(nc5c43)c3cccc(c3O)c3nc4c(ccc5ccc6[nH]c2nc6c54)[nH]3)[nH]1. The summed E-state index contributed by atoms with van der Waals surface area (Å²) in [6, 6.07) is 27.2. The third-order valence-corrected chi connectivity index (χ3v) is 9.26. The van der Waals surface area contributed by atoms with Crippen LogP contribution in [0.3, 0.4) is 0 Å². The quantitative estimate of drug-likeness (QED) is 0.104. The molecule has 5 heterocycles. The fourth-order valence-electron chi connectivity index (χ4n) is 7.06. The predicted molar refractivity (Wildman–Crippen MR) is 182 cm³/mol. The van der Waals surface area contributed by atoms with Crippen LogP contribution in [-0.2, 0) is 0 Å². The lowest BCUT2D eigenvalue weighted by molar-refractivity contribution is 0.487. The number of phenols is 2. The number of benzene rings is 6. The number of para-hydroxylation sites is 2. The molecule has 0 amide bonds. The normalized spacial score (nSPS) is 12.5. The lowest BCUT2D eigenvalue weighted by Gasteiger charge is -1.99. The van der Waals surface area contributed by atoms with Gasteiger partial charge >= 0.3 is 0 Å². The van der Waals surface area contributed by atoms with Gasteiger partial charge in [-0.1, -0.05) is 36.4 Å². The minimum atomic E-state index is 0.0667. The van der Waals surface area contributed by atoms with Crippen molar-refractivity contribution in [2.75, 3.05) is 0 Å². The Morgan fingerprint density at radius 2 is 0.652 bits per heavy atom. The maximum Gasteiger partial charge on any atom is 0.142 e. The molecule has 0 saturated carbocycles. The molecule has 216 valence electrons. The number of rotatable bonds is 0. The van der Waals surface area contributed by atoms with Gasteiger partial charge in [-0.2, -0.15) is 0 Å². The molecule has 46 heavy (non-hydrogen) atoms. The maximum absolute atomic E-state index is 11.7. The smallest absolute Gasteiger partial charge is 0.142 e. The predicted octanol–water partition coefficient (Wildman–Crippen LogP) is 8.08. The van der Waals surface area contributed by atoms with Crippen LogP contribution >= 0.6 is 0 Å². The van der Waals surface area contributed by atoms with Crippen molar-refractivity contribution in [1.82, 2.24) is 39.9 Å². The van der Waals surface area contributed by atoms with Gasteiger partial charge in [0.2, 0.25) is 0 Å². The molecule has 11 aromatic rings. The van der Waals surface area contributed by atoms with Gasteiger partial charge in [-0.25, -0.2) is 19.9 Å². The van der Waals surface area contributed by atoms with Crippen molar-refractivity contribution in [2.45, 2.75) is 0 Å². The van der Waals surface area contributed by atoms with E-state index in [0.29, 0.717) is 44.1 Å². The summed E-state index contributed by atoms with van der Waals surface area (Å²) in [5.41, 5.74) is 8.30. The monoisotopic (exact) mass is 596 g/mol. The molecule has 11 rings (SSSR count). The number of hydrogen-bond acceptors (Lipinski definition) is 6. The van der Waals surface area contributed by atoms with Gasteiger partial charge in [0.05, 0.1) is 65.7 Å². The van der Waals surface area contributed by atoms with Gasteiger partial charge in [0.15, 0.2) is 0 Å². The van der Waals surface area contributed by atoms with Gasteiger partial charge in [-0.05, 0) is 59.3 Å². The average Bonchev–Trinajstić information content (AvgIpc) is 3.87. The van der Waals surface area contributed by atoms with Crippen LogP contribution < -0.4 is 0 Å². The number of fused-ring (bicyclic) bond motifs is 12. The van der Waals surface area contributed by atoms with Gasteiger partial charge < -0.3 is 30.1 Å². The summed E-state index contributed by atoms with van der Waals surface area (Å²) < 4.78 is 0. The first-order chi connectivity index (χ1) is 22.6. The Hall–Kier alpha value is -6.68. The van der Waals surface area contributed by atoms with Gasteiger partial charge in [0, 0.05) is 10.8 Å². The molecule has 0 unspecified atom stereocenters. The fourth-order valence-corrected chi connectivity index (χ4v) is 7.06. The molecule has 0 atom stereocenters. The Labute approximate surface area is 256 Å². The molecule has 6 N–H and O–H groups in total. The largest absolute Gasteiger partial charge is 0.506 e. The van der Waals surface area contributed by atoms with Gasteiger partial charge in [-0.15, -0.1) is 0 Å². The summed E-state index contributed by atoms with van der Waals surface area (Å²) in [6.45, 7) is 0. The van der Waals surface area contributed by atoms with E-state index in [4.69, 9.17) is 19.9 Å². The van der Waals surface area contributed by atoms with E-state index < -0.39 is 0 Å². The molecule has 0 spiro atoms. The summed E-state index contributed by atoms with van der Waals surface area (Å²) in [6.07, 6.45) is 0. The zero-order valence-electron chi connectivity index (χ0n) is 23.8. The fraction of sp³-hybridized carbons (Fsp3) is 0. The third-order valence-electron chi connectivity index (χ3n) is 9.26. The van der Waals surface area contributed by atoms with Gasteiger partial charge in [0.25, 0.3) is 0 Å². The number of H-pyrrole nitrogens is 4. The lowest BCUT2D eigenvalue weighted by Crippen LogP contribution is -1.80. The summed E-state index contributed by atoms with van der Waals surface area (Å²) in [4.78, 5) is 33.7. The molecule has 10 nitrogen and oxygen atoms in total. The Balaban J connectivity index is 1.42. The second kappa shape index (κ2) is 8.07. The molecule has 0 radical (unpaired) electrons. The van der Waals surface area contributed by atoms with Crippen molar-refractivity contribution in [3.05, 3.63) is 84.9 Å². The minimum Gasteiger partial charge on any atom is -0.506 e. The number of aromatic nitrogens is 8. The van der Waals surface area contributed by atoms with Crippen LogP contribution in [0.4, 0.5) is 0 Å².